The van der Waals surface area contributed by atoms with Crippen LogP contribution in [0.4, 0.5) is 4.39 Å². The smallest absolute Gasteiger partial charge is 0.227 e. The summed E-state index contributed by atoms with van der Waals surface area (Å²) in [5.74, 6) is 1.76. The van der Waals surface area contributed by atoms with Crippen LogP contribution >= 0.6 is 0 Å². The number of rotatable bonds is 11. The monoisotopic (exact) mass is 463 g/mol. The third kappa shape index (κ3) is 5.73. The van der Waals surface area contributed by atoms with Crippen LogP contribution in [-0.2, 0) is 19.5 Å². The molecule has 2 aromatic heterocycles. The van der Waals surface area contributed by atoms with Gasteiger partial charge in [0.05, 0.1) is 35.9 Å². The van der Waals surface area contributed by atoms with E-state index in [4.69, 9.17) is 14.3 Å². The summed E-state index contributed by atoms with van der Waals surface area (Å²) in [7, 11) is 0. The fourth-order valence-corrected chi connectivity index (χ4v) is 3.84. The molecule has 2 aromatic carbocycles. The van der Waals surface area contributed by atoms with E-state index in [1.807, 2.05) is 56.3 Å². The Morgan fingerprint density at radius 2 is 1.79 bits per heavy atom. The van der Waals surface area contributed by atoms with Gasteiger partial charge < -0.3 is 14.3 Å². The van der Waals surface area contributed by atoms with E-state index in [1.54, 1.807) is 23.1 Å². The first-order chi connectivity index (χ1) is 16.6. The average molecular weight is 464 g/mol. The summed E-state index contributed by atoms with van der Waals surface area (Å²) in [6, 6.07) is 19.5. The highest BCUT2D eigenvalue weighted by Gasteiger charge is 2.24. The molecule has 0 aliphatic heterocycles. The molecule has 0 aliphatic carbocycles. The number of aromatic nitrogens is 2. The van der Waals surface area contributed by atoms with Crippen molar-refractivity contribution in [1.82, 2.24) is 14.7 Å². The molecule has 0 unspecified atom stereocenters. The van der Waals surface area contributed by atoms with Crippen LogP contribution in [0.2, 0.25) is 0 Å². The molecule has 178 valence electrons. The molecule has 4 rings (SSSR count). The Morgan fingerprint density at radius 3 is 2.44 bits per heavy atom. The van der Waals surface area contributed by atoms with Crippen molar-refractivity contribution >= 4 is 0 Å². The molecule has 0 spiro atoms. The first kappa shape index (κ1) is 23.7. The lowest BCUT2D eigenvalue weighted by Gasteiger charge is -2.24. The zero-order valence-corrected chi connectivity index (χ0v) is 19.5. The molecule has 6 nitrogen and oxygen atoms in total. The van der Waals surface area contributed by atoms with Crippen molar-refractivity contribution in [2.75, 3.05) is 6.54 Å². The standard InChI is InChI=1S/C27H30FN3O3/c1-3-22(32)17-30(18-24-11-8-16-33-24)19-25-26(4-2)29-31(21-14-12-20(28)13-15-21)27(25)34-23-9-6-5-7-10-23/h5-16,22,32H,3-4,17-19H2,1-2H3/t22-/m1/s1. The topological polar surface area (TPSA) is 63.7 Å². The normalized spacial score (nSPS) is 12.3. The van der Waals surface area contributed by atoms with Crippen molar-refractivity contribution in [3.63, 3.8) is 0 Å². The van der Waals surface area contributed by atoms with Gasteiger partial charge in [-0.25, -0.2) is 9.07 Å². The van der Waals surface area contributed by atoms with Crippen LogP contribution in [0.1, 0.15) is 37.3 Å². The highest BCUT2D eigenvalue weighted by atomic mass is 19.1. The summed E-state index contributed by atoms with van der Waals surface area (Å²) in [6.07, 6.45) is 2.53. The van der Waals surface area contributed by atoms with Crippen LogP contribution in [0.15, 0.2) is 77.4 Å². The number of hydrogen-bond acceptors (Lipinski definition) is 5. The summed E-state index contributed by atoms with van der Waals surface area (Å²) < 4.78 is 27.3. The van der Waals surface area contributed by atoms with Gasteiger partial charge in [-0.3, -0.25) is 4.90 Å². The second kappa shape index (κ2) is 11.1. The van der Waals surface area contributed by atoms with Crippen molar-refractivity contribution in [2.24, 2.45) is 0 Å². The van der Waals surface area contributed by atoms with Gasteiger partial charge in [-0.1, -0.05) is 32.0 Å². The number of aryl methyl sites for hydroxylation is 1. The molecule has 0 fully saturated rings. The molecule has 0 amide bonds. The first-order valence-corrected chi connectivity index (χ1v) is 11.6. The van der Waals surface area contributed by atoms with Crippen LogP contribution in [-0.4, -0.2) is 32.4 Å². The number of hydrogen-bond donors (Lipinski definition) is 1. The molecule has 0 saturated carbocycles. The quantitative estimate of drug-likeness (QED) is 0.308. The first-order valence-electron chi connectivity index (χ1n) is 11.6. The third-order valence-electron chi connectivity index (χ3n) is 5.66. The van der Waals surface area contributed by atoms with Crippen LogP contribution < -0.4 is 4.74 Å². The van der Waals surface area contributed by atoms with Gasteiger partial charge in [0.15, 0.2) is 0 Å². The number of aliphatic hydroxyl groups excluding tert-OH is 1. The van der Waals surface area contributed by atoms with Crippen molar-refractivity contribution in [1.29, 1.82) is 0 Å². The van der Waals surface area contributed by atoms with Crippen molar-refractivity contribution in [3.8, 4) is 17.3 Å². The Kier molecular flexibility index (Phi) is 7.77. The van der Waals surface area contributed by atoms with E-state index in [0.717, 1.165) is 17.0 Å². The number of para-hydroxylation sites is 1. The second-order valence-corrected chi connectivity index (χ2v) is 8.20. The lowest BCUT2D eigenvalue weighted by Crippen LogP contribution is -2.31. The van der Waals surface area contributed by atoms with Gasteiger partial charge >= 0.3 is 0 Å². The number of furan rings is 1. The minimum atomic E-state index is -0.467. The summed E-state index contributed by atoms with van der Waals surface area (Å²) in [6.45, 7) is 5.53. The predicted octanol–water partition coefficient (Wildman–Crippen LogP) is 5.73. The van der Waals surface area contributed by atoms with Crippen LogP contribution in [0.25, 0.3) is 5.69 Å². The van der Waals surface area contributed by atoms with Gasteiger partial charge in [0.2, 0.25) is 5.88 Å². The number of ether oxygens (including phenoxy) is 1. The summed E-state index contributed by atoms with van der Waals surface area (Å²) in [5, 5.41) is 15.2. The maximum atomic E-state index is 13.6. The zero-order chi connectivity index (χ0) is 23.9. The Balaban J connectivity index is 1.76. The van der Waals surface area contributed by atoms with Gasteiger partial charge in [0, 0.05) is 13.1 Å². The summed E-state index contributed by atoms with van der Waals surface area (Å²) in [4.78, 5) is 2.13. The van der Waals surface area contributed by atoms with E-state index in [2.05, 4.69) is 4.90 Å². The molecule has 4 aromatic rings. The van der Waals surface area contributed by atoms with Crippen molar-refractivity contribution in [2.45, 2.75) is 45.9 Å². The van der Waals surface area contributed by atoms with Gasteiger partial charge in [-0.15, -0.1) is 0 Å². The minimum Gasteiger partial charge on any atom is -0.468 e. The van der Waals surface area contributed by atoms with Gasteiger partial charge in [0.25, 0.3) is 0 Å². The maximum absolute atomic E-state index is 13.6. The molecule has 0 saturated heterocycles. The van der Waals surface area contributed by atoms with Gasteiger partial charge in [-0.05, 0) is 61.4 Å². The van der Waals surface area contributed by atoms with E-state index in [9.17, 15) is 9.50 Å². The predicted molar refractivity (Wildman–Crippen MR) is 129 cm³/mol. The Bertz CT molecular complexity index is 1160. The lowest BCUT2D eigenvalue weighted by molar-refractivity contribution is 0.0968. The van der Waals surface area contributed by atoms with Crippen molar-refractivity contribution in [3.05, 3.63) is 95.8 Å². The van der Waals surface area contributed by atoms with E-state index in [1.165, 1.54) is 12.1 Å². The zero-order valence-electron chi connectivity index (χ0n) is 19.5. The molecular formula is C27H30FN3O3. The number of nitrogens with zero attached hydrogens (tertiary/aromatic N) is 3. The fraction of sp³-hybridized carbons (Fsp3) is 0.296. The molecule has 0 radical (unpaired) electrons. The lowest BCUT2D eigenvalue weighted by atomic mass is 10.1. The SMILES string of the molecule is CCc1nn(-c2ccc(F)cc2)c(Oc2ccccc2)c1CN(Cc1ccco1)C[C@H](O)CC. The third-order valence-corrected chi connectivity index (χ3v) is 5.66. The summed E-state index contributed by atoms with van der Waals surface area (Å²) in [5.41, 5.74) is 2.51. The fourth-order valence-electron chi connectivity index (χ4n) is 3.84. The molecule has 1 atom stereocenters. The number of halogens is 1. The molecule has 2 heterocycles. The molecule has 1 N–H and O–H groups in total. The maximum Gasteiger partial charge on any atom is 0.227 e. The second-order valence-electron chi connectivity index (χ2n) is 8.20. The van der Waals surface area contributed by atoms with Gasteiger partial charge in [0.1, 0.15) is 17.3 Å². The van der Waals surface area contributed by atoms with E-state index < -0.39 is 6.10 Å². The van der Waals surface area contributed by atoms with Crippen LogP contribution in [0.5, 0.6) is 11.6 Å². The molecule has 0 aliphatic rings. The summed E-state index contributed by atoms with van der Waals surface area (Å²) >= 11 is 0. The molecule has 34 heavy (non-hydrogen) atoms. The largest absolute Gasteiger partial charge is 0.468 e. The minimum absolute atomic E-state index is 0.310. The van der Waals surface area contributed by atoms with E-state index in [0.29, 0.717) is 49.8 Å². The Hall–Kier alpha value is -3.42. The molecule has 0 bridgehead atoms. The highest BCUT2D eigenvalue weighted by molar-refractivity contribution is 5.44. The van der Waals surface area contributed by atoms with Crippen molar-refractivity contribution < 1.29 is 18.7 Å². The van der Waals surface area contributed by atoms with Crippen LogP contribution in [0, 0.1) is 5.82 Å². The van der Waals surface area contributed by atoms with E-state index in [-0.39, 0.29) is 5.82 Å². The van der Waals surface area contributed by atoms with Crippen LogP contribution in [0.3, 0.4) is 0 Å². The number of aliphatic hydroxyl groups is 1. The molecular weight excluding hydrogens is 433 g/mol. The molecule has 7 heteroatoms. The Labute approximate surface area is 199 Å². The van der Waals surface area contributed by atoms with Gasteiger partial charge in [-0.2, -0.15) is 5.10 Å². The highest BCUT2D eigenvalue weighted by Crippen LogP contribution is 2.32. The average Bonchev–Trinajstić information content (AvgIpc) is 3.48. The van der Waals surface area contributed by atoms with E-state index >= 15 is 0 Å². The number of benzene rings is 2. The Morgan fingerprint density at radius 1 is 1.03 bits per heavy atom.